The Bertz CT molecular complexity index is 672. The van der Waals surface area contributed by atoms with Crippen molar-refractivity contribution in [3.05, 3.63) is 29.3 Å². The number of ether oxygens (including phenoxy) is 2. The molecular formula is C18H24N2O4S. The van der Waals surface area contributed by atoms with E-state index in [0.717, 1.165) is 24.3 Å². The van der Waals surface area contributed by atoms with E-state index in [9.17, 15) is 9.59 Å². The highest BCUT2D eigenvalue weighted by atomic mass is 32.2. The van der Waals surface area contributed by atoms with Gasteiger partial charge in [-0.3, -0.25) is 4.79 Å². The Kier molecular flexibility index (Phi) is 5.13. The number of carbonyl (C=O) groups excluding carboxylic acids is 2. The van der Waals surface area contributed by atoms with E-state index in [1.54, 1.807) is 11.8 Å². The zero-order valence-electron chi connectivity index (χ0n) is 14.8. The molecule has 0 aliphatic carbocycles. The number of amides is 2. The molecule has 6 nitrogen and oxygen atoms in total. The molecule has 1 fully saturated rings. The minimum Gasteiger partial charge on any atom is -0.493 e. The highest BCUT2D eigenvalue weighted by Gasteiger charge is 2.33. The molecule has 25 heavy (non-hydrogen) atoms. The Morgan fingerprint density at radius 3 is 3.00 bits per heavy atom. The second-order valence-electron chi connectivity index (χ2n) is 7.14. The topological polar surface area (TPSA) is 67.9 Å². The molecule has 2 aliphatic rings. The van der Waals surface area contributed by atoms with Crippen LogP contribution in [0.1, 0.15) is 37.3 Å². The number of nitrogens with zero attached hydrogens (tertiary/aromatic N) is 1. The third kappa shape index (κ3) is 4.39. The van der Waals surface area contributed by atoms with Gasteiger partial charge in [-0.1, -0.05) is 6.07 Å². The summed E-state index contributed by atoms with van der Waals surface area (Å²) < 4.78 is 10.8. The predicted molar refractivity (Wildman–Crippen MR) is 96.8 cm³/mol. The van der Waals surface area contributed by atoms with E-state index in [1.807, 2.05) is 37.8 Å². The van der Waals surface area contributed by atoms with Gasteiger partial charge in [-0.2, -0.15) is 0 Å². The van der Waals surface area contributed by atoms with Gasteiger partial charge in [0.2, 0.25) is 5.91 Å². The van der Waals surface area contributed by atoms with Crippen molar-refractivity contribution in [2.45, 2.75) is 38.2 Å². The Balaban J connectivity index is 1.60. The molecule has 3 rings (SSSR count). The van der Waals surface area contributed by atoms with Crippen LogP contribution in [0.4, 0.5) is 4.79 Å². The molecule has 2 heterocycles. The first-order valence-electron chi connectivity index (χ1n) is 8.47. The molecule has 2 amide bonds. The molecule has 0 aromatic heterocycles. The van der Waals surface area contributed by atoms with Gasteiger partial charge in [-0.05, 0) is 44.0 Å². The molecule has 0 spiro atoms. The fourth-order valence-electron chi connectivity index (χ4n) is 2.92. The summed E-state index contributed by atoms with van der Waals surface area (Å²) in [4.78, 5) is 25.8. The third-order valence-corrected chi connectivity index (χ3v) is 5.24. The zero-order valence-corrected chi connectivity index (χ0v) is 15.6. The van der Waals surface area contributed by atoms with E-state index in [4.69, 9.17) is 9.47 Å². The Morgan fingerprint density at radius 2 is 2.24 bits per heavy atom. The van der Waals surface area contributed by atoms with E-state index in [-0.39, 0.29) is 11.3 Å². The molecule has 0 bridgehead atoms. The number of alkyl carbamates (subject to hydrolysis) is 1. The molecule has 136 valence electrons. The van der Waals surface area contributed by atoms with Gasteiger partial charge in [0, 0.05) is 19.5 Å². The summed E-state index contributed by atoms with van der Waals surface area (Å²) in [7, 11) is 0. The number of nitrogens with one attached hydrogen (secondary N) is 1. The van der Waals surface area contributed by atoms with Gasteiger partial charge >= 0.3 is 6.09 Å². The van der Waals surface area contributed by atoms with Crippen molar-refractivity contribution < 1.29 is 19.1 Å². The smallest absolute Gasteiger partial charge is 0.407 e. The Morgan fingerprint density at radius 1 is 1.44 bits per heavy atom. The number of fused-ring (bicyclic) bond motifs is 1. The maximum Gasteiger partial charge on any atom is 0.407 e. The van der Waals surface area contributed by atoms with Gasteiger partial charge in [0.25, 0.3) is 0 Å². The number of hydrogen-bond acceptors (Lipinski definition) is 5. The Labute approximate surface area is 152 Å². The van der Waals surface area contributed by atoms with Gasteiger partial charge in [-0.25, -0.2) is 4.79 Å². The third-order valence-electron chi connectivity index (χ3n) is 3.99. The molecular weight excluding hydrogens is 340 g/mol. The molecule has 1 aromatic carbocycles. The van der Waals surface area contributed by atoms with Crippen LogP contribution in [0.5, 0.6) is 5.75 Å². The number of thioether (sulfide) groups is 1. The summed E-state index contributed by atoms with van der Waals surface area (Å²) in [6.07, 6.45) is 0.451. The average molecular weight is 364 g/mol. The number of rotatable bonds is 4. The lowest BCUT2D eigenvalue weighted by Crippen LogP contribution is -2.39. The van der Waals surface area contributed by atoms with E-state index in [0.29, 0.717) is 18.8 Å². The van der Waals surface area contributed by atoms with Crippen LogP contribution in [0.3, 0.4) is 0 Å². The van der Waals surface area contributed by atoms with Crippen LogP contribution in [0.2, 0.25) is 0 Å². The maximum atomic E-state index is 12.2. The molecule has 0 saturated carbocycles. The SMILES string of the molecule is CC(C)(C)OC(=O)NCCN1C(=O)CSC1c1ccc2c(c1)CCO2. The molecule has 0 radical (unpaired) electrons. The quantitative estimate of drug-likeness (QED) is 0.890. The molecule has 1 unspecified atom stereocenters. The summed E-state index contributed by atoms with van der Waals surface area (Å²) in [5.41, 5.74) is 1.78. The largest absolute Gasteiger partial charge is 0.493 e. The van der Waals surface area contributed by atoms with Crippen LogP contribution in [-0.4, -0.2) is 48.0 Å². The molecule has 1 saturated heterocycles. The van der Waals surface area contributed by atoms with Crippen molar-refractivity contribution in [2.75, 3.05) is 25.4 Å². The molecule has 2 aliphatic heterocycles. The van der Waals surface area contributed by atoms with Crippen LogP contribution in [0.15, 0.2) is 18.2 Å². The fourth-order valence-corrected chi connectivity index (χ4v) is 4.13. The van der Waals surface area contributed by atoms with E-state index >= 15 is 0 Å². The van der Waals surface area contributed by atoms with Gasteiger partial charge in [-0.15, -0.1) is 11.8 Å². The van der Waals surface area contributed by atoms with Crippen molar-refractivity contribution in [3.8, 4) is 5.75 Å². The van der Waals surface area contributed by atoms with Crippen molar-refractivity contribution in [1.29, 1.82) is 0 Å². The minimum atomic E-state index is -0.529. The van der Waals surface area contributed by atoms with Crippen LogP contribution >= 0.6 is 11.8 Å². The normalized spacial score (nSPS) is 19.6. The van der Waals surface area contributed by atoms with Gasteiger partial charge in [0.05, 0.1) is 12.4 Å². The van der Waals surface area contributed by atoms with Crippen molar-refractivity contribution in [1.82, 2.24) is 10.2 Å². The summed E-state index contributed by atoms with van der Waals surface area (Å²) in [5, 5.41) is 2.70. The van der Waals surface area contributed by atoms with E-state index < -0.39 is 11.7 Å². The van der Waals surface area contributed by atoms with Crippen molar-refractivity contribution in [3.63, 3.8) is 0 Å². The van der Waals surface area contributed by atoms with Crippen LogP contribution < -0.4 is 10.1 Å². The van der Waals surface area contributed by atoms with Gasteiger partial charge < -0.3 is 19.7 Å². The van der Waals surface area contributed by atoms with Crippen LogP contribution in [0.25, 0.3) is 0 Å². The highest BCUT2D eigenvalue weighted by Crippen LogP contribution is 2.40. The van der Waals surface area contributed by atoms with Crippen molar-refractivity contribution >= 4 is 23.8 Å². The molecule has 1 atom stereocenters. The first kappa shape index (κ1) is 17.9. The van der Waals surface area contributed by atoms with E-state index in [1.165, 1.54) is 5.56 Å². The second-order valence-corrected chi connectivity index (χ2v) is 8.21. The number of carbonyl (C=O) groups is 2. The fraction of sp³-hybridized carbons (Fsp3) is 0.556. The number of benzene rings is 1. The molecule has 7 heteroatoms. The summed E-state index contributed by atoms with van der Waals surface area (Å²) in [5.74, 6) is 1.50. The molecule has 1 N–H and O–H groups in total. The second kappa shape index (κ2) is 7.15. The van der Waals surface area contributed by atoms with Gasteiger partial charge in [0.15, 0.2) is 0 Å². The standard InChI is InChI=1S/C18H24N2O4S/c1-18(2,3)24-17(22)19-7-8-20-15(21)11-25-16(20)13-4-5-14-12(10-13)6-9-23-14/h4-5,10,16H,6-9,11H2,1-3H3,(H,19,22). The monoisotopic (exact) mass is 364 g/mol. The summed E-state index contributed by atoms with van der Waals surface area (Å²) in [6.45, 7) is 7.01. The van der Waals surface area contributed by atoms with Crippen LogP contribution in [-0.2, 0) is 16.0 Å². The Hall–Kier alpha value is -1.89. The molecule has 1 aromatic rings. The lowest BCUT2D eigenvalue weighted by Gasteiger charge is -2.25. The maximum absolute atomic E-state index is 12.2. The predicted octanol–water partition coefficient (Wildman–Crippen LogP) is 2.72. The van der Waals surface area contributed by atoms with Gasteiger partial charge in [0.1, 0.15) is 16.7 Å². The zero-order chi connectivity index (χ0) is 18.0. The van der Waals surface area contributed by atoms with Crippen LogP contribution in [0, 0.1) is 0 Å². The lowest BCUT2D eigenvalue weighted by atomic mass is 10.1. The highest BCUT2D eigenvalue weighted by molar-refractivity contribution is 8.00. The summed E-state index contributed by atoms with van der Waals surface area (Å²) >= 11 is 1.62. The van der Waals surface area contributed by atoms with E-state index in [2.05, 4.69) is 11.4 Å². The van der Waals surface area contributed by atoms with Crippen molar-refractivity contribution in [2.24, 2.45) is 0 Å². The average Bonchev–Trinajstić information content (AvgIpc) is 3.12. The number of hydrogen-bond donors (Lipinski definition) is 1. The summed E-state index contributed by atoms with van der Waals surface area (Å²) in [6, 6.07) is 6.14. The minimum absolute atomic E-state index is 0.0150. The first-order chi connectivity index (χ1) is 11.8. The lowest BCUT2D eigenvalue weighted by molar-refractivity contribution is -0.128. The first-order valence-corrected chi connectivity index (χ1v) is 9.52.